The minimum absolute atomic E-state index is 0.0978. The van der Waals surface area contributed by atoms with Crippen LogP contribution in [-0.4, -0.2) is 41.5 Å². The molecule has 0 aliphatic carbocycles. The van der Waals surface area contributed by atoms with Crippen LogP contribution in [0.3, 0.4) is 0 Å². The zero-order valence-electron chi connectivity index (χ0n) is 20.9. The van der Waals surface area contributed by atoms with E-state index >= 15 is 0 Å². The van der Waals surface area contributed by atoms with Gasteiger partial charge in [0.05, 0.1) is 18.5 Å². The Morgan fingerprint density at radius 2 is 1.65 bits per heavy atom. The summed E-state index contributed by atoms with van der Waals surface area (Å²) in [6.07, 6.45) is 4.51. The van der Waals surface area contributed by atoms with Crippen molar-refractivity contribution < 1.29 is 9.21 Å². The smallest absolute Gasteiger partial charge is 0.322 e. The lowest BCUT2D eigenvalue weighted by Crippen LogP contribution is -2.48. The number of carbonyl (C=O) groups is 1. The number of likely N-dealkylation sites (tertiary alicyclic amines) is 1. The first-order chi connectivity index (χ1) is 18.2. The Bertz CT molecular complexity index is 1270. The second-order valence-corrected chi connectivity index (χ2v) is 9.93. The van der Waals surface area contributed by atoms with E-state index in [2.05, 4.69) is 34.5 Å². The number of nitrogens with zero attached hydrogens (tertiary/aromatic N) is 2. The largest absolute Gasteiger partial charge is 0.467 e. The van der Waals surface area contributed by atoms with Crippen molar-refractivity contribution in [2.75, 3.05) is 25.0 Å². The molecule has 37 heavy (non-hydrogen) atoms. The number of urea groups is 1. The third-order valence-electron chi connectivity index (χ3n) is 7.05. The number of piperidine rings is 1. The number of amides is 2. The van der Waals surface area contributed by atoms with E-state index in [0.29, 0.717) is 6.54 Å². The molecule has 1 aromatic heterocycles. The molecule has 0 bridgehead atoms. The Hall–Kier alpha value is -3.54. The molecule has 5 nitrogen and oxygen atoms in total. The van der Waals surface area contributed by atoms with Gasteiger partial charge in [-0.3, -0.25) is 0 Å². The molecule has 1 saturated heterocycles. The highest BCUT2D eigenvalue weighted by Gasteiger charge is 2.29. The quantitative estimate of drug-likeness (QED) is 0.268. The van der Waals surface area contributed by atoms with Gasteiger partial charge in [0, 0.05) is 36.3 Å². The molecule has 1 fully saturated rings. The molecule has 190 valence electrons. The predicted octanol–water partition coefficient (Wildman–Crippen LogP) is 7.34. The first kappa shape index (κ1) is 25.1. The van der Waals surface area contributed by atoms with Crippen LogP contribution < -0.4 is 5.32 Å². The number of hydrogen-bond acceptors (Lipinski definition) is 3. The highest BCUT2D eigenvalue weighted by atomic mass is 35.5. The average Bonchev–Trinajstić information content (AvgIpc) is 3.46. The molecule has 0 atom stereocenters. The highest BCUT2D eigenvalue weighted by molar-refractivity contribution is 6.30. The van der Waals surface area contributed by atoms with Gasteiger partial charge in [-0.2, -0.15) is 0 Å². The lowest BCUT2D eigenvalue weighted by atomic mass is 10.0. The van der Waals surface area contributed by atoms with Crippen LogP contribution in [0.4, 0.5) is 10.5 Å². The Labute approximate surface area is 223 Å². The minimum atomic E-state index is -0.0978. The number of furan rings is 1. The number of rotatable bonds is 8. The van der Waals surface area contributed by atoms with E-state index in [1.165, 1.54) is 5.56 Å². The SMILES string of the molecule is O=C(Nc1ccccc1-c1ccccc1)N(Cc1ccco1)C1CCN(CCc2ccc(Cl)cc2)CC1. The van der Waals surface area contributed by atoms with Gasteiger partial charge in [0.2, 0.25) is 0 Å². The topological polar surface area (TPSA) is 48.7 Å². The van der Waals surface area contributed by atoms with E-state index in [-0.39, 0.29) is 12.1 Å². The molecule has 1 N–H and O–H groups in total. The lowest BCUT2D eigenvalue weighted by Gasteiger charge is -2.38. The normalized spacial score (nSPS) is 14.4. The van der Waals surface area contributed by atoms with Gasteiger partial charge >= 0.3 is 6.03 Å². The highest BCUT2D eigenvalue weighted by Crippen LogP contribution is 2.29. The molecule has 3 aromatic carbocycles. The number of para-hydroxylation sites is 1. The van der Waals surface area contributed by atoms with Crippen molar-refractivity contribution in [1.82, 2.24) is 9.80 Å². The molecule has 6 heteroatoms. The Morgan fingerprint density at radius 1 is 0.919 bits per heavy atom. The second-order valence-electron chi connectivity index (χ2n) is 9.50. The number of hydrogen-bond donors (Lipinski definition) is 1. The van der Waals surface area contributed by atoms with Crippen LogP contribution in [-0.2, 0) is 13.0 Å². The number of anilines is 1. The molecule has 2 heterocycles. The van der Waals surface area contributed by atoms with E-state index in [4.69, 9.17) is 16.0 Å². The van der Waals surface area contributed by atoms with Gasteiger partial charge in [0.25, 0.3) is 0 Å². The van der Waals surface area contributed by atoms with Crippen molar-refractivity contribution in [3.05, 3.63) is 114 Å². The zero-order chi connectivity index (χ0) is 25.5. The van der Waals surface area contributed by atoms with Crippen molar-refractivity contribution in [3.8, 4) is 11.1 Å². The van der Waals surface area contributed by atoms with Gasteiger partial charge in [0.15, 0.2) is 0 Å². The summed E-state index contributed by atoms with van der Waals surface area (Å²) < 4.78 is 5.62. The molecule has 4 aromatic rings. The standard InChI is InChI=1S/C31H32ClN3O2/c32-26-14-12-24(13-15-26)16-19-34-20-17-27(18-21-34)35(23-28-9-6-22-37-28)31(36)33-30-11-5-4-10-29(30)25-7-2-1-3-8-25/h1-15,22,27H,16-21,23H2,(H,33,36). The summed E-state index contributed by atoms with van der Waals surface area (Å²) in [7, 11) is 0. The van der Waals surface area contributed by atoms with Crippen LogP contribution >= 0.6 is 11.6 Å². The van der Waals surface area contributed by atoms with Gasteiger partial charge in [-0.05, 0) is 60.7 Å². The average molecular weight is 514 g/mol. The number of benzene rings is 3. The maximum atomic E-state index is 13.7. The molecule has 0 saturated carbocycles. The lowest BCUT2D eigenvalue weighted by molar-refractivity contribution is 0.119. The maximum Gasteiger partial charge on any atom is 0.322 e. The predicted molar refractivity (Wildman–Crippen MR) is 150 cm³/mol. The van der Waals surface area contributed by atoms with Gasteiger partial charge in [0.1, 0.15) is 5.76 Å². The monoisotopic (exact) mass is 513 g/mol. The molecule has 2 amide bonds. The van der Waals surface area contributed by atoms with Crippen LogP contribution in [0.15, 0.2) is 102 Å². The Balaban J connectivity index is 1.25. The maximum absolute atomic E-state index is 13.7. The number of carbonyl (C=O) groups excluding carboxylic acids is 1. The first-order valence-corrected chi connectivity index (χ1v) is 13.2. The summed E-state index contributed by atoms with van der Waals surface area (Å²) in [5.41, 5.74) is 4.18. The van der Waals surface area contributed by atoms with Crippen LogP contribution in [0, 0.1) is 0 Å². The number of halogens is 1. The van der Waals surface area contributed by atoms with Gasteiger partial charge < -0.3 is 19.5 Å². The summed E-state index contributed by atoms with van der Waals surface area (Å²) in [5.74, 6) is 0.789. The fourth-order valence-electron chi connectivity index (χ4n) is 4.98. The van der Waals surface area contributed by atoms with Crippen molar-refractivity contribution in [2.45, 2.75) is 31.8 Å². The van der Waals surface area contributed by atoms with E-state index in [0.717, 1.165) is 66.5 Å². The molecular weight excluding hydrogens is 482 g/mol. The molecule has 5 rings (SSSR count). The van der Waals surface area contributed by atoms with Crippen LogP contribution in [0.1, 0.15) is 24.2 Å². The van der Waals surface area contributed by atoms with E-state index in [1.807, 2.05) is 71.6 Å². The van der Waals surface area contributed by atoms with Gasteiger partial charge in [-0.1, -0.05) is 72.3 Å². The molecule has 1 aliphatic heterocycles. The zero-order valence-corrected chi connectivity index (χ0v) is 21.6. The minimum Gasteiger partial charge on any atom is -0.467 e. The first-order valence-electron chi connectivity index (χ1n) is 12.9. The van der Waals surface area contributed by atoms with E-state index < -0.39 is 0 Å². The van der Waals surface area contributed by atoms with Gasteiger partial charge in [-0.15, -0.1) is 0 Å². The van der Waals surface area contributed by atoms with Crippen molar-refractivity contribution in [3.63, 3.8) is 0 Å². The number of nitrogens with one attached hydrogen (secondary N) is 1. The fourth-order valence-corrected chi connectivity index (χ4v) is 5.10. The van der Waals surface area contributed by atoms with Gasteiger partial charge in [-0.25, -0.2) is 4.79 Å². The summed E-state index contributed by atoms with van der Waals surface area (Å²) >= 11 is 6.02. The molecule has 1 aliphatic rings. The fraction of sp³-hybridized carbons (Fsp3) is 0.258. The summed E-state index contributed by atoms with van der Waals surface area (Å²) in [6.45, 7) is 3.37. The molecule has 0 radical (unpaired) electrons. The third kappa shape index (κ3) is 6.62. The summed E-state index contributed by atoms with van der Waals surface area (Å²) in [5, 5.41) is 3.97. The molecular formula is C31H32ClN3O2. The molecule has 0 unspecified atom stereocenters. The third-order valence-corrected chi connectivity index (χ3v) is 7.30. The Kier molecular flexibility index (Phi) is 8.24. The summed E-state index contributed by atoms with van der Waals surface area (Å²) in [6, 6.07) is 30.0. The molecule has 0 spiro atoms. The van der Waals surface area contributed by atoms with Crippen molar-refractivity contribution in [1.29, 1.82) is 0 Å². The Morgan fingerprint density at radius 3 is 2.38 bits per heavy atom. The summed E-state index contributed by atoms with van der Waals surface area (Å²) in [4.78, 5) is 18.1. The van der Waals surface area contributed by atoms with Crippen molar-refractivity contribution in [2.24, 2.45) is 0 Å². The van der Waals surface area contributed by atoms with Crippen LogP contribution in [0.2, 0.25) is 5.02 Å². The van der Waals surface area contributed by atoms with E-state index in [9.17, 15) is 4.79 Å². The second kappa shape index (κ2) is 12.1. The van der Waals surface area contributed by atoms with Crippen LogP contribution in [0.25, 0.3) is 11.1 Å². The van der Waals surface area contributed by atoms with Crippen LogP contribution in [0.5, 0.6) is 0 Å². The van der Waals surface area contributed by atoms with E-state index in [1.54, 1.807) is 6.26 Å². The van der Waals surface area contributed by atoms with Crippen molar-refractivity contribution >= 4 is 23.3 Å².